The Bertz CT molecular complexity index is 1390. The molecule has 0 radical (unpaired) electrons. The summed E-state index contributed by atoms with van der Waals surface area (Å²) >= 11 is 1.22. The molecule has 170 valence electrons. The van der Waals surface area contributed by atoms with Crippen LogP contribution in [0.1, 0.15) is 19.4 Å². The van der Waals surface area contributed by atoms with Gasteiger partial charge in [0.1, 0.15) is 15.9 Å². The number of aromatic nitrogens is 3. The average Bonchev–Trinajstić information content (AvgIpc) is 3.25. The van der Waals surface area contributed by atoms with Crippen molar-refractivity contribution in [2.75, 3.05) is 5.32 Å². The van der Waals surface area contributed by atoms with Crippen molar-refractivity contribution in [3.05, 3.63) is 66.4 Å². The lowest BCUT2D eigenvalue weighted by Gasteiger charge is -2.21. The Kier molecular flexibility index (Phi) is 6.50. The third kappa shape index (κ3) is 5.08. The summed E-state index contributed by atoms with van der Waals surface area (Å²) in [6, 6.07) is 15.2. The monoisotopic (exact) mass is 481 g/mol. The third-order valence-corrected chi connectivity index (χ3v) is 7.43. The van der Waals surface area contributed by atoms with Gasteiger partial charge in [-0.05, 0) is 25.0 Å². The lowest BCUT2D eigenvalue weighted by molar-refractivity contribution is -0.118. The number of amides is 1. The smallest absolute Gasteiger partial charge is 0.244 e. The fraction of sp³-hybridized carbons (Fsp3) is 0.217. The van der Waals surface area contributed by atoms with Gasteiger partial charge in [-0.15, -0.1) is 10.2 Å². The fourth-order valence-electron chi connectivity index (χ4n) is 3.29. The molecule has 33 heavy (non-hydrogen) atoms. The maximum absolute atomic E-state index is 13.2. The molecule has 4 aromatic rings. The Morgan fingerprint density at radius 2 is 1.73 bits per heavy atom. The maximum Gasteiger partial charge on any atom is 0.244 e. The van der Waals surface area contributed by atoms with Crippen LogP contribution in [0, 0.1) is 12.8 Å². The SMILES string of the molecule is Cc1ccc(-c2nnc(NC(=O)C(NS(=O)(=O)c3cccc4cccnc34)C(C)C)s2)cc1. The first-order chi connectivity index (χ1) is 15.7. The zero-order valence-corrected chi connectivity index (χ0v) is 19.9. The van der Waals surface area contributed by atoms with Crippen molar-refractivity contribution in [3.8, 4) is 10.6 Å². The van der Waals surface area contributed by atoms with Crippen molar-refractivity contribution >= 4 is 43.3 Å². The lowest BCUT2D eigenvalue weighted by atomic mass is 10.1. The predicted molar refractivity (Wildman–Crippen MR) is 129 cm³/mol. The Balaban J connectivity index is 1.55. The number of para-hydroxylation sites is 1. The highest BCUT2D eigenvalue weighted by Crippen LogP contribution is 2.27. The maximum atomic E-state index is 13.2. The Morgan fingerprint density at radius 1 is 1.00 bits per heavy atom. The molecule has 1 unspecified atom stereocenters. The number of rotatable bonds is 7. The van der Waals surface area contributed by atoms with Crippen LogP contribution in [-0.2, 0) is 14.8 Å². The molecule has 10 heteroatoms. The molecule has 0 aliphatic rings. The molecule has 2 N–H and O–H groups in total. The average molecular weight is 482 g/mol. The molecular weight excluding hydrogens is 458 g/mol. The van der Waals surface area contributed by atoms with Crippen molar-refractivity contribution < 1.29 is 13.2 Å². The number of carbonyl (C=O) groups is 1. The van der Waals surface area contributed by atoms with E-state index in [0.717, 1.165) is 11.1 Å². The molecule has 0 saturated carbocycles. The van der Waals surface area contributed by atoms with E-state index in [2.05, 4.69) is 25.2 Å². The number of pyridine rings is 1. The number of nitrogens with zero attached hydrogens (tertiary/aromatic N) is 3. The summed E-state index contributed by atoms with van der Waals surface area (Å²) in [5.41, 5.74) is 2.37. The quantitative estimate of drug-likeness (QED) is 0.412. The van der Waals surface area contributed by atoms with Crippen LogP contribution in [0.25, 0.3) is 21.5 Å². The molecule has 0 aliphatic heterocycles. The summed E-state index contributed by atoms with van der Waals surface area (Å²) in [6.07, 6.45) is 1.54. The van der Waals surface area contributed by atoms with Crippen LogP contribution in [0.15, 0.2) is 65.7 Å². The first-order valence-corrected chi connectivity index (χ1v) is 12.6. The van der Waals surface area contributed by atoms with Crippen molar-refractivity contribution in [3.63, 3.8) is 0 Å². The molecule has 4 rings (SSSR count). The number of hydrogen-bond donors (Lipinski definition) is 2. The highest BCUT2D eigenvalue weighted by molar-refractivity contribution is 7.89. The zero-order valence-electron chi connectivity index (χ0n) is 18.3. The number of aryl methyl sites for hydroxylation is 1. The second-order valence-electron chi connectivity index (χ2n) is 7.94. The van der Waals surface area contributed by atoms with Crippen LogP contribution in [0.3, 0.4) is 0 Å². The van der Waals surface area contributed by atoms with Gasteiger partial charge in [-0.25, -0.2) is 8.42 Å². The molecule has 0 spiro atoms. The van der Waals surface area contributed by atoms with Gasteiger partial charge >= 0.3 is 0 Å². The first-order valence-electron chi connectivity index (χ1n) is 10.3. The van der Waals surface area contributed by atoms with Gasteiger partial charge < -0.3 is 0 Å². The van der Waals surface area contributed by atoms with Crippen LogP contribution in [0.4, 0.5) is 5.13 Å². The van der Waals surface area contributed by atoms with Crippen molar-refractivity contribution in [2.45, 2.75) is 31.7 Å². The second-order valence-corrected chi connectivity index (χ2v) is 10.6. The Hall–Kier alpha value is -3.21. The minimum atomic E-state index is -4.02. The van der Waals surface area contributed by atoms with E-state index in [4.69, 9.17) is 0 Å². The van der Waals surface area contributed by atoms with Gasteiger partial charge in [0.2, 0.25) is 21.1 Å². The Labute approximate surface area is 196 Å². The summed E-state index contributed by atoms with van der Waals surface area (Å²) in [5.74, 6) is -0.819. The summed E-state index contributed by atoms with van der Waals surface area (Å²) < 4.78 is 28.9. The molecule has 1 atom stereocenters. The topological polar surface area (TPSA) is 114 Å². The van der Waals surface area contributed by atoms with Crippen LogP contribution >= 0.6 is 11.3 Å². The largest absolute Gasteiger partial charge is 0.299 e. The molecule has 2 heterocycles. The van der Waals surface area contributed by atoms with E-state index in [1.807, 2.05) is 31.2 Å². The van der Waals surface area contributed by atoms with E-state index in [1.54, 1.807) is 38.1 Å². The predicted octanol–water partition coefficient (Wildman–Crippen LogP) is 4.00. The molecule has 2 aromatic carbocycles. The standard InChI is InChI=1S/C23H23N5O3S2/c1-14(2)19(28-33(30,31)18-8-4-6-16-7-5-13-24-20(16)18)21(29)25-23-27-26-22(32-23)17-11-9-15(3)10-12-17/h4-14,19,28H,1-3H3,(H,25,27,29). The number of carbonyl (C=O) groups excluding carboxylic acids is 1. The van der Waals surface area contributed by atoms with Gasteiger partial charge in [-0.2, -0.15) is 4.72 Å². The van der Waals surface area contributed by atoms with E-state index in [-0.39, 0.29) is 10.8 Å². The van der Waals surface area contributed by atoms with E-state index in [9.17, 15) is 13.2 Å². The van der Waals surface area contributed by atoms with Gasteiger partial charge in [-0.1, -0.05) is 73.2 Å². The Morgan fingerprint density at radius 3 is 2.45 bits per heavy atom. The summed E-state index contributed by atoms with van der Waals surface area (Å²) in [7, 11) is -4.02. The third-order valence-electron chi connectivity index (χ3n) is 5.07. The zero-order chi connectivity index (χ0) is 23.6. The second kappa shape index (κ2) is 9.34. The highest BCUT2D eigenvalue weighted by atomic mass is 32.2. The number of hydrogen-bond acceptors (Lipinski definition) is 7. The van der Waals surface area contributed by atoms with E-state index < -0.39 is 22.0 Å². The summed E-state index contributed by atoms with van der Waals surface area (Å²) in [5, 5.41) is 12.5. The number of fused-ring (bicyclic) bond motifs is 1. The normalized spacial score (nSPS) is 12.7. The van der Waals surface area contributed by atoms with Crippen molar-refractivity contribution in [2.24, 2.45) is 5.92 Å². The molecule has 0 aliphatic carbocycles. The summed E-state index contributed by atoms with van der Waals surface area (Å²) in [6.45, 7) is 5.54. The molecule has 1 amide bonds. The van der Waals surface area contributed by atoms with Crippen LogP contribution in [-0.4, -0.2) is 35.5 Å². The number of sulfonamides is 1. The molecule has 0 saturated heterocycles. The molecule has 2 aromatic heterocycles. The minimum Gasteiger partial charge on any atom is -0.299 e. The van der Waals surface area contributed by atoms with Crippen LogP contribution in [0.2, 0.25) is 0 Å². The van der Waals surface area contributed by atoms with Crippen LogP contribution in [0.5, 0.6) is 0 Å². The summed E-state index contributed by atoms with van der Waals surface area (Å²) in [4.78, 5) is 17.2. The fourth-order valence-corrected chi connectivity index (χ4v) is 5.56. The minimum absolute atomic E-state index is 0.0247. The first kappa shape index (κ1) is 23.0. The van der Waals surface area contributed by atoms with Crippen LogP contribution < -0.4 is 10.0 Å². The number of nitrogens with one attached hydrogen (secondary N) is 2. The molecule has 8 nitrogen and oxygen atoms in total. The van der Waals surface area contributed by atoms with Gasteiger partial charge in [0, 0.05) is 17.1 Å². The lowest BCUT2D eigenvalue weighted by Crippen LogP contribution is -2.47. The van der Waals surface area contributed by atoms with E-state index >= 15 is 0 Å². The number of anilines is 1. The molecular formula is C23H23N5O3S2. The number of benzene rings is 2. The van der Waals surface area contributed by atoms with Gasteiger partial charge in [-0.3, -0.25) is 15.1 Å². The van der Waals surface area contributed by atoms with Gasteiger partial charge in [0.25, 0.3) is 0 Å². The van der Waals surface area contributed by atoms with E-state index in [0.29, 0.717) is 21.0 Å². The van der Waals surface area contributed by atoms with E-state index in [1.165, 1.54) is 23.6 Å². The van der Waals surface area contributed by atoms with Crippen molar-refractivity contribution in [1.29, 1.82) is 0 Å². The van der Waals surface area contributed by atoms with Crippen molar-refractivity contribution in [1.82, 2.24) is 19.9 Å². The highest BCUT2D eigenvalue weighted by Gasteiger charge is 2.30. The molecule has 0 bridgehead atoms. The van der Waals surface area contributed by atoms with Gasteiger partial charge in [0.05, 0.1) is 5.52 Å². The molecule has 0 fully saturated rings. The van der Waals surface area contributed by atoms with Gasteiger partial charge in [0.15, 0.2) is 0 Å².